The van der Waals surface area contributed by atoms with Crippen molar-refractivity contribution in [2.75, 3.05) is 12.3 Å². The van der Waals surface area contributed by atoms with Crippen LogP contribution in [0, 0.1) is 0 Å². The Bertz CT molecular complexity index is 400. The average molecular weight is 284 g/mol. The third-order valence-corrected chi connectivity index (χ3v) is 3.39. The maximum Gasteiger partial charge on any atom is 0.166 e. The second kappa shape index (κ2) is 4.97. The lowest BCUT2D eigenvalue weighted by Crippen LogP contribution is -2.13. The van der Waals surface area contributed by atoms with Gasteiger partial charge in [0.05, 0.1) is 6.10 Å². The number of halogens is 1. The Morgan fingerprint density at radius 2 is 2.38 bits per heavy atom. The van der Waals surface area contributed by atoms with E-state index in [1.54, 1.807) is 18.2 Å². The van der Waals surface area contributed by atoms with E-state index in [1.165, 1.54) is 0 Å². The van der Waals surface area contributed by atoms with Gasteiger partial charge < -0.3 is 10.5 Å². The summed E-state index contributed by atoms with van der Waals surface area (Å²) in [5.74, 6) is 0.110. The van der Waals surface area contributed by atoms with Crippen molar-refractivity contribution in [2.45, 2.75) is 25.4 Å². The number of rotatable bonds is 3. The Balaban J connectivity index is 2.08. The number of carbonyl (C=O) groups is 1. The first-order valence-electron chi connectivity index (χ1n) is 5.36. The van der Waals surface area contributed by atoms with E-state index >= 15 is 0 Å². The Morgan fingerprint density at radius 1 is 1.56 bits per heavy atom. The molecule has 1 aromatic carbocycles. The SMILES string of the molecule is Nc1ccc(C(=O)CC2CCCO2)c(Br)c1. The normalized spacial score (nSPS) is 19.9. The number of benzene rings is 1. The van der Waals surface area contributed by atoms with Crippen molar-refractivity contribution in [1.29, 1.82) is 0 Å². The van der Waals surface area contributed by atoms with Crippen LogP contribution in [-0.2, 0) is 4.74 Å². The van der Waals surface area contributed by atoms with Crippen molar-refractivity contribution in [2.24, 2.45) is 0 Å². The molecule has 1 heterocycles. The number of carbonyl (C=O) groups excluding carboxylic acids is 1. The minimum atomic E-state index is 0.0944. The molecule has 1 fully saturated rings. The first kappa shape index (κ1) is 11.6. The minimum Gasteiger partial charge on any atom is -0.399 e. The fraction of sp³-hybridized carbons (Fsp3) is 0.417. The van der Waals surface area contributed by atoms with Gasteiger partial charge in [-0.1, -0.05) is 0 Å². The van der Waals surface area contributed by atoms with Gasteiger partial charge in [-0.15, -0.1) is 0 Å². The molecule has 1 saturated heterocycles. The van der Waals surface area contributed by atoms with Crippen molar-refractivity contribution < 1.29 is 9.53 Å². The van der Waals surface area contributed by atoms with Crippen molar-refractivity contribution in [1.82, 2.24) is 0 Å². The molecule has 1 aliphatic rings. The standard InChI is InChI=1S/C12H14BrNO2/c13-11-6-8(14)3-4-10(11)12(15)7-9-2-1-5-16-9/h3-4,6,9H,1-2,5,7,14H2. The van der Waals surface area contributed by atoms with Crippen LogP contribution >= 0.6 is 15.9 Å². The van der Waals surface area contributed by atoms with Crippen LogP contribution in [0.25, 0.3) is 0 Å². The van der Waals surface area contributed by atoms with Gasteiger partial charge in [-0.2, -0.15) is 0 Å². The van der Waals surface area contributed by atoms with E-state index in [4.69, 9.17) is 10.5 Å². The number of ketones is 1. The minimum absolute atomic E-state index is 0.0944. The van der Waals surface area contributed by atoms with Crippen LogP contribution in [-0.4, -0.2) is 18.5 Å². The lowest BCUT2D eigenvalue weighted by atomic mass is 10.0. The number of hydrogen-bond donors (Lipinski definition) is 1. The highest BCUT2D eigenvalue weighted by atomic mass is 79.9. The molecule has 0 spiro atoms. The van der Waals surface area contributed by atoms with Crippen LogP contribution in [0.15, 0.2) is 22.7 Å². The summed E-state index contributed by atoms with van der Waals surface area (Å²) in [4.78, 5) is 12.0. The van der Waals surface area contributed by atoms with Crippen LogP contribution < -0.4 is 5.73 Å². The van der Waals surface area contributed by atoms with E-state index in [2.05, 4.69) is 15.9 Å². The molecule has 2 rings (SSSR count). The Morgan fingerprint density at radius 3 is 3.00 bits per heavy atom. The van der Waals surface area contributed by atoms with Crippen LogP contribution in [0.3, 0.4) is 0 Å². The van der Waals surface area contributed by atoms with Crippen LogP contribution in [0.4, 0.5) is 5.69 Å². The molecule has 0 aromatic heterocycles. The lowest BCUT2D eigenvalue weighted by molar-refractivity contribution is 0.0775. The van der Waals surface area contributed by atoms with Crippen molar-refractivity contribution in [3.63, 3.8) is 0 Å². The van der Waals surface area contributed by atoms with Gasteiger partial charge in [0.15, 0.2) is 5.78 Å². The maximum atomic E-state index is 12.0. The van der Waals surface area contributed by atoms with E-state index in [0.29, 0.717) is 17.7 Å². The average Bonchev–Trinajstić information content (AvgIpc) is 2.70. The molecule has 1 aliphatic heterocycles. The first-order valence-corrected chi connectivity index (χ1v) is 6.16. The fourth-order valence-electron chi connectivity index (χ4n) is 1.88. The van der Waals surface area contributed by atoms with E-state index < -0.39 is 0 Å². The van der Waals surface area contributed by atoms with Crippen molar-refractivity contribution >= 4 is 27.4 Å². The number of ether oxygens (including phenoxy) is 1. The molecule has 0 saturated carbocycles. The van der Waals surface area contributed by atoms with Gasteiger partial charge in [-0.25, -0.2) is 0 Å². The Labute approximate surface area is 103 Å². The second-order valence-electron chi connectivity index (χ2n) is 4.00. The molecular weight excluding hydrogens is 270 g/mol. The molecule has 16 heavy (non-hydrogen) atoms. The molecule has 1 unspecified atom stereocenters. The summed E-state index contributed by atoms with van der Waals surface area (Å²) in [5, 5.41) is 0. The lowest BCUT2D eigenvalue weighted by Gasteiger charge is -2.09. The Hall–Kier alpha value is -0.870. The van der Waals surface area contributed by atoms with Gasteiger partial charge in [0.1, 0.15) is 0 Å². The molecule has 0 aliphatic carbocycles. The zero-order chi connectivity index (χ0) is 11.5. The van der Waals surface area contributed by atoms with Gasteiger partial charge in [0, 0.05) is 28.8 Å². The van der Waals surface area contributed by atoms with E-state index in [0.717, 1.165) is 23.9 Å². The number of nitrogens with two attached hydrogens (primary N) is 1. The highest BCUT2D eigenvalue weighted by molar-refractivity contribution is 9.10. The zero-order valence-corrected chi connectivity index (χ0v) is 10.5. The van der Waals surface area contributed by atoms with Gasteiger partial charge in [-0.05, 0) is 47.0 Å². The number of anilines is 1. The predicted octanol–water partition coefficient (Wildman–Crippen LogP) is 2.78. The van der Waals surface area contributed by atoms with Crippen LogP contribution in [0.1, 0.15) is 29.6 Å². The molecule has 86 valence electrons. The summed E-state index contributed by atoms with van der Waals surface area (Å²) in [6.45, 7) is 0.779. The highest BCUT2D eigenvalue weighted by Gasteiger charge is 2.21. The number of hydrogen-bond acceptors (Lipinski definition) is 3. The highest BCUT2D eigenvalue weighted by Crippen LogP contribution is 2.24. The molecule has 0 bridgehead atoms. The zero-order valence-electron chi connectivity index (χ0n) is 8.91. The molecule has 0 radical (unpaired) electrons. The fourth-order valence-corrected chi connectivity index (χ4v) is 2.50. The summed E-state index contributed by atoms with van der Waals surface area (Å²) in [5.41, 5.74) is 6.96. The summed E-state index contributed by atoms with van der Waals surface area (Å²) in [6.07, 6.45) is 2.60. The summed E-state index contributed by atoms with van der Waals surface area (Å²) in [7, 11) is 0. The molecule has 1 aromatic rings. The largest absolute Gasteiger partial charge is 0.399 e. The summed E-state index contributed by atoms with van der Waals surface area (Å²) < 4.78 is 6.21. The molecule has 2 N–H and O–H groups in total. The van der Waals surface area contributed by atoms with E-state index in [9.17, 15) is 4.79 Å². The smallest absolute Gasteiger partial charge is 0.166 e. The van der Waals surface area contributed by atoms with E-state index in [-0.39, 0.29) is 11.9 Å². The van der Waals surface area contributed by atoms with Crippen molar-refractivity contribution in [3.8, 4) is 0 Å². The second-order valence-corrected chi connectivity index (χ2v) is 4.86. The third-order valence-electron chi connectivity index (χ3n) is 2.73. The molecule has 0 amide bonds. The third kappa shape index (κ3) is 2.62. The van der Waals surface area contributed by atoms with Gasteiger partial charge in [0.25, 0.3) is 0 Å². The number of nitrogen functional groups attached to an aromatic ring is 1. The maximum absolute atomic E-state index is 12.0. The summed E-state index contributed by atoms with van der Waals surface area (Å²) in [6, 6.07) is 5.26. The number of Topliss-reactive ketones (excluding diaryl/α,β-unsaturated/α-hetero) is 1. The molecule has 1 atom stereocenters. The predicted molar refractivity (Wildman–Crippen MR) is 66.5 cm³/mol. The molecular formula is C12H14BrNO2. The quantitative estimate of drug-likeness (QED) is 0.686. The van der Waals surface area contributed by atoms with E-state index in [1.807, 2.05) is 0 Å². The topological polar surface area (TPSA) is 52.3 Å². The van der Waals surface area contributed by atoms with Gasteiger partial charge in [-0.3, -0.25) is 4.79 Å². The Kier molecular flexibility index (Phi) is 3.61. The van der Waals surface area contributed by atoms with Gasteiger partial charge >= 0.3 is 0 Å². The van der Waals surface area contributed by atoms with Gasteiger partial charge in [0.2, 0.25) is 0 Å². The molecule has 4 heteroatoms. The summed E-state index contributed by atoms with van der Waals surface area (Å²) >= 11 is 3.36. The molecule has 3 nitrogen and oxygen atoms in total. The van der Waals surface area contributed by atoms with Crippen LogP contribution in [0.5, 0.6) is 0 Å². The van der Waals surface area contributed by atoms with Crippen LogP contribution in [0.2, 0.25) is 0 Å². The monoisotopic (exact) mass is 283 g/mol. The van der Waals surface area contributed by atoms with Crippen molar-refractivity contribution in [3.05, 3.63) is 28.2 Å². The first-order chi connectivity index (χ1) is 7.66.